The molecular weight excluding hydrogens is 372 g/mol. The first kappa shape index (κ1) is 18.4. The van der Waals surface area contributed by atoms with Gasteiger partial charge in [0.05, 0.1) is 12.6 Å². The van der Waals surface area contributed by atoms with E-state index in [4.69, 9.17) is 10.5 Å². The van der Waals surface area contributed by atoms with Crippen molar-refractivity contribution in [3.8, 4) is 16.3 Å². The predicted octanol–water partition coefficient (Wildman–Crippen LogP) is 3.38. The van der Waals surface area contributed by atoms with Gasteiger partial charge in [-0.1, -0.05) is 23.5 Å². The van der Waals surface area contributed by atoms with E-state index in [1.165, 1.54) is 11.3 Å². The Morgan fingerprint density at radius 1 is 1.21 bits per heavy atom. The van der Waals surface area contributed by atoms with Crippen LogP contribution in [0.3, 0.4) is 0 Å². The van der Waals surface area contributed by atoms with Gasteiger partial charge in [0.2, 0.25) is 5.13 Å². The Morgan fingerprint density at radius 3 is 2.96 bits per heavy atom. The quantitative estimate of drug-likeness (QED) is 0.444. The largest absolute Gasteiger partial charge is 0.497 e. The lowest BCUT2D eigenvalue weighted by Crippen LogP contribution is -2.31. The minimum atomic E-state index is -0.0376. The van der Waals surface area contributed by atoms with Crippen LogP contribution in [0.2, 0.25) is 0 Å². The van der Waals surface area contributed by atoms with Crippen molar-refractivity contribution in [1.82, 2.24) is 20.4 Å². The Kier molecular flexibility index (Phi) is 5.23. The molecule has 4 rings (SSSR count). The number of rotatable bonds is 7. The summed E-state index contributed by atoms with van der Waals surface area (Å²) in [5.41, 5.74) is 10.4. The van der Waals surface area contributed by atoms with Crippen molar-refractivity contribution in [1.29, 1.82) is 0 Å². The van der Waals surface area contributed by atoms with E-state index in [0.29, 0.717) is 6.54 Å². The molecule has 0 spiro atoms. The van der Waals surface area contributed by atoms with Crippen LogP contribution < -0.4 is 15.8 Å². The summed E-state index contributed by atoms with van der Waals surface area (Å²) in [5.74, 6) is 0.844. The third-order valence-electron chi connectivity index (χ3n) is 4.56. The molecule has 144 valence electrons. The van der Waals surface area contributed by atoms with Crippen molar-refractivity contribution in [2.24, 2.45) is 5.73 Å². The Labute approximate surface area is 167 Å². The normalized spacial score (nSPS) is 12.2. The fourth-order valence-corrected chi connectivity index (χ4v) is 3.82. The summed E-state index contributed by atoms with van der Waals surface area (Å²) >= 11 is 1.52. The number of hydrogen-bond acceptors (Lipinski definition) is 7. The van der Waals surface area contributed by atoms with Crippen LogP contribution in [0, 0.1) is 6.92 Å². The van der Waals surface area contributed by atoms with E-state index in [1.54, 1.807) is 7.11 Å². The lowest BCUT2D eigenvalue weighted by Gasteiger charge is -2.12. The van der Waals surface area contributed by atoms with Crippen molar-refractivity contribution < 1.29 is 4.74 Å². The maximum Gasteiger partial charge on any atom is 0.206 e. The zero-order chi connectivity index (χ0) is 19.5. The smallest absolute Gasteiger partial charge is 0.206 e. The van der Waals surface area contributed by atoms with E-state index in [1.807, 2.05) is 37.3 Å². The molecule has 2 aromatic heterocycles. The minimum Gasteiger partial charge on any atom is -0.497 e. The highest BCUT2D eigenvalue weighted by Crippen LogP contribution is 2.29. The van der Waals surface area contributed by atoms with Crippen LogP contribution in [-0.4, -0.2) is 40.1 Å². The third kappa shape index (κ3) is 3.97. The van der Waals surface area contributed by atoms with Gasteiger partial charge in [-0.05, 0) is 49.2 Å². The first-order valence-corrected chi connectivity index (χ1v) is 9.85. The zero-order valence-electron chi connectivity index (χ0n) is 15.8. The highest BCUT2D eigenvalue weighted by Gasteiger charge is 2.11. The molecule has 0 bridgehead atoms. The molecule has 0 radical (unpaired) electrons. The summed E-state index contributed by atoms with van der Waals surface area (Å²) in [6.07, 6.45) is 0.756. The SMILES string of the molecule is COc1cccc(CC(N)CNc2nnc(-c3ccc4n[nH]c(C)c4c3)s2)c1. The summed E-state index contributed by atoms with van der Waals surface area (Å²) in [5, 5.41) is 21.8. The number of aromatic nitrogens is 4. The molecule has 28 heavy (non-hydrogen) atoms. The Morgan fingerprint density at radius 2 is 2.11 bits per heavy atom. The highest BCUT2D eigenvalue weighted by atomic mass is 32.1. The summed E-state index contributed by atoms with van der Waals surface area (Å²) in [6.45, 7) is 2.63. The van der Waals surface area contributed by atoms with Gasteiger partial charge in [-0.3, -0.25) is 5.10 Å². The third-order valence-corrected chi connectivity index (χ3v) is 5.49. The number of fused-ring (bicyclic) bond motifs is 1. The van der Waals surface area contributed by atoms with Crippen LogP contribution in [0.5, 0.6) is 5.75 Å². The molecule has 0 saturated heterocycles. The van der Waals surface area contributed by atoms with Crippen molar-refractivity contribution >= 4 is 27.4 Å². The number of benzene rings is 2. The fourth-order valence-electron chi connectivity index (χ4n) is 3.08. The number of nitrogens with one attached hydrogen (secondary N) is 2. The van der Waals surface area contributed by atoms with Crippen LogP contribution in [0.15, 0.2) is 42.5 Å². The molecule has 0 saturated carbocycles. The maximum absolute atomic E-state index is 6.27. The molecule has 0 aliphatic carbocycles. The number of H-pyrrole nitrogens is 1. The van der Waals surface area contributed by atoms with Gasteiger partial charge in [0.1, 0.15) is 10.8 Å². The number of hydrogen-bond donors (Lipinski definition) is 3. The summed E-state index contributed by atoms with van der Waals surface area (Å²) in [6, 6.07) is 14.0. The number of methoxy groups -OCH3 is 1. The van der Waals surface area contributed by atoms with Crippen LogP contribution in [-0.2, 0) is 6.42 Å². The second-order valence-corrected chi connectivity index (χ2v) is 7.67. The number of anilines is 1. The Hall–Kier alpha value is -2.97. The topological polar surface area (TPSA) is 102 Å². The van der Waals surface area contributed by atoms with E-state index in [2.05, 4.69) is 37.8 Å². The average molecular weight is 395 g/mol. The molecule has 0 amide bonds. The monoisotopic (exact) mass is 394 g/mol. The Bertz CT molecular complexity index is 1090. The van der Waals surface area contributed by atoms with Crippen LogP contribution in [0.25, 0.3) is 21.5 Å². The molecule has 4 aromatic rings. The molecule has 0 aliphatic rings. The van der Waals surface area contributed by atoms with Gasteiger partial charge in [0, 0.05) is 29.2 Å². The summed E-state index contributed by atoms with van der Waals surface area (Å²) < 4.78 is 5.26. The second-order valence-electron chi connectivity index (χ2n) is 6.69. The summed E-state index contributed by atoms with van der Waals surface area (Å²) in [4.78, 5) is 0. The molecule has 2 aromatic carbocycles. The predicted molar refractivity (Wildman–Crippen MR) is 113 cm³/mol. The van der Waals surface area contributed by atoms with Gasteiger partial charge in [-0.2, -0.15) is 5.10 Å². The number of aromatic amines is 1. The van der Waals surface area contributed by atoms with E-state index >= 15 is 0 Å². The van der Waals surface area contributed by atoms with Gasteiger partial charge < -0.3 is 15.8 Å². The fraction of sp³-hybridized carbons (Fsp3) is 0.250. The standard InChI is InChI=1S/C20H22N6OS/c1-12-17-10-14(6-7-18(17)24-23-12)19-25-26-20(28-19)22-11-15(21)8-13-4-3-5-16(9-13)27-2/h3-7,9-10,15H,8,11,21H2,1-2H3,(H,22,26)(H,23,24). The number of ether oxygens (including phenoxy) is 1. The lowest BCUT2D eigenvalue weighted by atomic mass is 10.1. The molecular formula is C20H22N6OS. The lowest BCUT2D eigenvalue weighted by molar-refractivity contribution is 0.414. The van der Waals surface area contributed by atoms with Crippen molar-refractivity contribution in [2.75, 3.05) is 19.0 Å². The van der Waals surface area contributed by atoms with E-state index < -0.39 is 0 Å². The molecule has 7 nitrogen and oxygen atoms in total. The molecule has 1 unspecified atom stereocenters. The van der Waals surface area contributed by atoms with E-state index in [9.17, 15) is 0 Å². The molecule has 2 heterocycles. The molecule has 8 heteroatoms. The first-order valence-electron chi connectivity index (χ1n) is 9.03. The summed E-state index contributed by atoms with van der Waals surface area (Å²) in [7, 11) is 1.67. The molecule has 0 aliphatic heterocycles. The number of aryl methyl sites for hydroxylation is 1. The average Bonchev–Trinajstić information content (AvgIpc) is 3.33. The Balaban J connectivity index is 1.39. The van der Waals surface area contributed by atoms with Gasteiger partial charge in [0.25, 0.3) is 0 Å². The minimum absolute atomic E-state index is 0.0376. The van der Waals surface area contributed by atoms with Crippen LogP contribution in [0.4, 0.5) is 5.13 Å². The van der Waals surface area contributed by atoms with Crippen molar-refractivity contribution in [3.63, 3.8) is 0 Å². The second kappa shape index (κ2) is 7.95. The molecule has 4 N–H and O–H groups in total. The number of nitrogens with two attached hydrogens (primary N) is 1. The van der Waals surface area contributed by atoms with Crippen molar-refractivity contribution in [2.45, 2.75) is 19.4 Å². The van der Waals surface area contributed by atoms with E-state index in [0.717, 1.165) is 50.0 Å². The van der Waals surface area contributed by atoms with Gasteiger partial charge in [-0.25, -0.2) is 0 Å². The highest BCUT2D eigenvalue weighted by molar-refractivity contribution is 7.18. The van der Waals surface area contributed by atoms with Gasteiger partial charge in [-0.15, -0.1) is 10.2 Å². The van der Waals surface area contributed by atoms with Crippen LogP contribution >= 0.6 is 11.3 Å². The maximum atomic E-state index is 6.27. The molecule has 0 fully saturated rings. The van der Waals surface area contributed by atoms with Crippen molar-refractivity contribution in [3.05, 3.63) is 53.7 Å². The zero-order valence-corrected chi connectivity index (χ0v) is 16.6. The molecule has 1 atom stereocenters. The van der Waals surface area contributed by atoms with Gasteiger partial charge >= 0.3 is 0 Å². The van der Waals surface area contributed by atoms with E-state index in [-0.39, 0.29) is 6.04 Å². The number of nitrogens with zero attached hydrogens (tertiary/aromatic N) is 3. The van der Waals surface area contributed by atoms with Crippen LogP contribution in [0.1, 0.15) is 11.3 Å². The first-order chi connectivity index (χ1) is 13.6. The van der Waals surface area contributed by atoms with Gasteiger partial charge in [0.15, 0.2) is 0 Å².